The van der Waals surface area contributed by atoms with Crippen LogP contribution in [-0.2, 0) is 10.1 Å². The molecular formula is C5H11O3S-. The molecule has 0 aliphatic carbocycles. The van der Waals surface area contributed by atoms with Gasteiger partial charge in [0.15, 0.2) is 0 Å². The molecule has 0 radical (unpaired) electrons. The van der Waals surface area contributed by atoms with Gasteiger partial charge in [0.25, 0.3) is 0 Å². The molecule has 56 valence electrons. The maximum absolute atomic E-state index is 10.2. The van der Waals surface area contributed by atoms with Gasteiger partial charge in [0.2, 0.25) is 0 Å². The lowest BCUT2D eigenvalue weighted by atomic mass is 10.3. The molecule has 1 atom stereocenters. The third kappa shape index (κ3) is 3.48. The maximum Gasteiger partial charge on any atom is 0.0972 e. The summed E-state index contributed by atoms with van der Waals surface area (Å²) in [5.74, 6) is 0. The first-order chi connectivity index (χ1) is 3.98. The van der Waals surface area contributed by atoms with Gasteiger partial charge < -0.3 is 4.55 Å². The second-order valence-corrected chi connectivity index (χ2v) is 3.88. The van der Waals surface area contributed by atoms with E-state index in [4.69, 9.17) is 0 Å². The van der Waals surface area contributed by atoms with Crippen LogP contribution in [0.2, 0.25) is 0 Å². The Morgan fingerprint density at radius 2 is 2.00 bits per heavy atom. The van der Waals surface area contributed by atoms with Crippen LogP contribution in [0.1, 0.15) is 26.7 Å². The smallest absolute Gasteiger partial charge is 0.0972 e. The van der Waals surface area contributed by atoms with Crippen molar-refractivity contribution in [3.05, 3.63) is 0 Å². The van der Waals surface area contributed by atoms with Gasteiger partial charge >= 0.3 is 0 Å². The summed E-state index contributed by atoms with van der Waals surface area (Å²) in [4.78, 5) is 0. The summed E-state index contributed by atoms with van der Waals surface area (Å²) in [6.45, 7) is 3.29. The second kappa shape index (κ2) is 3.17. The zero-order valence-electron chi connectivity index (χ0n) is 5.62. The fraction of sp³-hybridized carbons (Fsp3) is 1.00. The molecule has 0 aromatic rings. The molecule has 0 fully saturated rings. The Hall–Kier alpha value is -0.0900. The molecule has 0 heterocycles. The summed E-state index contributed by atoms with van der Waals surface area (Å²) in [5.41, 5.74) is 0. The molecule has 0 aromatic carbocycles. The average Bonchev–Trinajstić information content (AvgIpc) is 1.64. The van der Waals surface area contributed by atoms with Gasteiger partial charge in [-0.05, 0) is 13.3 Å². The fourth-order valence-electron chi connectivity index (χ4n) is 0.551. The summed E-state index contributed by atoms with van der Waals surface area (Å²) < 4.78 is 30.5. The number of rotatable bonds is 3. The predicted molar refractivity (Wildman–Crippen MR) is 34.1 cm³/mol. The van der Waals surface area contributed by atoms with E-state index < -0.39 is 15.4 Å². The highest BCUT2D eigenvalue weighted by molar-refractivity contribution is 7.86. The Balaban J connectivity index is 3.90. The summed E-state index contributed by atoms with van der Waals surface area (Å²) in [7, 11) is -4.01. The van der Waals surface area contributed by atoms with Crippen molar-refractivity contribution in [1.29, 1.82) is 0 Å². The van der Waals surface area contributed by atoms with E-state index in [1.165, 1.54) is 6.92 Å². The van der Waals surface area contributed by atoms with E-state index in [0.29, 0.717) is 6.42 Å². The normalized spacial score (nSPS) is 15.4. The fourth-order valence-corrected chi connectivity index (χ4v) is 1.08. The maximum atomic E-state index is 10.2. The first-order valence-electron chi connectivity index (χ1n) is 2.93. The van der Waals surface area contributed by atoms with Crippen molar-refractivity contribution in [2.45, 2.75) is 31.9 Å². The minimum absolute atomic E-state index is 0.464. The van der Waals surface area contributed by atoms with E-state index in [-0.39, 0.29) is 0 Å². The van der Waals surface area contributed by atoms with E-state index in [1.807, 2.05) is 6.92 Å². The number of hydrogen-bond donors (Lipinski definition) is 0. The molecule has 0 aliphatic heterocycles. The molecule has 1 unspecified atom stereocenters. The summed E-state index contributed by atoms with van der Waals surface area (Å²) in [6, 6.07) is 0. The molecular weight excluding hydrogens is 140 g/mol. The highest BCUT2D eigenvalue weighted by Gasteiger charge is 2.06. The van der Waals surface area contributed by atoms with Crippen LogP contribution in [0.3, 0.4) is 0 Å². The van der Waals surface area contributed by atoms with Gasteiger partial charge in [0.1, 0.15) is 0 Å². The average molecular weight is 151 g/mol. The van der Waals surface area contributed by atoms with Crippen molar-refractivity contribution in [3.8, 4) is 0 Å². The topological polar surface area (TPSA) is 57.2 Å². The minimum Gasteiger partial charge on any atom is -0.748 e. The molecule has 0 saturated carbocycles. The van der Waals surface area contributed by atoms with Crippen LogP contribution in [0, 0.1) is 0 Å². The monoisotopic (exact) mass is 151 g/mol. The molecule has 3 nitrogen and oxygen atoms in total. The van der Waals surface area contributed by atoms with Crippen molar-refractivity contribution in [2.75, 3.05) is 0 Å². The van der Waals surface area contributed by atoms with Gasteiger partial charge in [-0.3, -0.25) is 0 Å². The van der Waals surface area contributed by atoms with Crippen LogP contribution in [0.4, 0.5) is 0 Å². The van der Waals surface area contributed by atoms with Crippen molar-refractivity contribution in [1.82, 2.24) is 0 Å². The highest BCUT2D eigenvalue weighted by atomic mass is 32.2. The van der Waals surface area contributed by atoms with Gasteiger partial charge in [0.05, 0.1) is 10.1 Å². The highest BCUT2D eigenvalue weighted by Crippen LogP contribution is 2.04. The van der Waals surface area contributed by atoms with Gasteiger partial charge in [-0.2, -0.15) is 0 Å². The van der Waals surface area contributed by atoms with Crippen LogP contribution in [-0.4, -0.2) is 18.2 Å². The molecule has 0 amide bonds. The van der Waals surface area contributed by atoms with Gasteiger partial charge in [0, 0.05) is 5.25 Å². The van der Waals surface area contributed by atoms with Crippen molar-refractivity contribution >= 4 is 10.1 Å². The SMILES string of the molecule is CCCC(C)S(=O)(=O)[O-]. The van der Waals surface area contributed by atoms with Crippen molar-refractivity contribution in [2.24, 2.45) is 0 Å². The van der Waals surface area contributed by atoms with E-state index in [9.17, 15) is 13.0 Å². The molecule has 0 N–H and O–H groups in total. The molecule has 9 heavy (non-hydrogen) atoms. The first-order valence-corrected chi connectivity index (χ1v) is 4.40. The number of hydrogen-bond acceptors (Lipinski definition) is 3. The zero-order valence-corrected chi connectivity index (χ0v) is 6.44. The zero-order chi connectivity index (χ0) is 7.49. The molecule has 0 bridgehead atoms. The lowest BCUT2D eigenvalue weighted by Crippen LogP contribution is -2.15. The Morgan fingerprint density at radius 1 is 1.56 bits per heavy atom. The van der Waals surface area contributed by atoms with Crippen LogP contribution >= 0.6 is 0 Å². The third-order valence-electron chi connectivity index (χ3n) is 1.19. The molecule has 0 rings (SSSR count). The minimum atomic E-state index is -4.01. The summed E-state index contributed by atoms with van der Waals surface area (Å²) in [6.07, 6.45) is 1.20. The van der Waals surface area contributed by atoms with Gasteiger partial charge in [-0.1, -0.05) is 13.3 Å². The van der Waals surface area contributed by atoms with Crippen molar-refractivity contribution < 1.29 is 13.0 Å². The van der Waals surface area contributed by atoms with Gasteiger partial charge in [-0.15, -0.1) is 0 Å². The van der Waals surface area contributed by atoms with E-state index in [1.54, 1.807) is 0 Å². The standard InChI is InChI=1S/C5H12O3S/c1-3-4-5(2)9(6,7)8/h5H,3-4H2,1-2H3,(H,6,7,8)/p-1. The lowest BCUT2D eigenvalue weighted by molar-refractivity contribution is 0.446. The quantitative estimate of drug-likeness (QED) is 0.558. The van der Waals surface area contributed by atoms with E-state index in [2.05, 4.69) is 0 Å². The third-order valence-corrected chi connectivity index (χ3v) is 2.41. The molecule has 0 aromatic heterocycles. The van der Waals surface area contributed by atoms with Crippen LogP contribution in [0.5, 0.6) is 0 Å². The molecule has 0 aliphatic rings. The van der Waals surface area contributed by atoms with Crippen LogP contribution < -0.4 is 0 Å². The van der Waals surface area contributed by atoms with Crippen LogP contribution in [0.15, 0.2) is 0 Å². The summed E-state index contributed by atoms with van der Waals surface area (Å²) in [5, 5.41) is -0.720. The van der Waals surface area contributed by atoms with E-state index >= 15 is 0 Å². The second-order valence-electron chi connectivity index (χ2n) is 2.09. The van der Waals surface area contributed by atoms with Crippen molar-refractivity contribution in [3.63, 3.8) is 0 Å². The Morgan fingerprint density at radius 3 is 2.11 bits per heavy atom. The molecule has 4 heteroatoms. The predicted octanol–water partition coefficient (Wildman–Crippen LogP) is 0.720. The molecule has 0 saturated heterocycles. The Kier molecular flexibility index (Phi) is 3.14. The van der Waals surface area contributed by atoms with Gasteiger partial charge in [-0.25, -0.2) is 8.42 Å². The first kappa shape index (κ1) is 8.91. The van der Waals surface area contributed by atoms with E-state index in [0.717, 1.165) is 6.42 Å². The van der Waals surface area contributed by atoms with Crippen LogP contribution in [0.25, 0.3) is 0 Å². The lowest BCUT2D eigenvalue weighted by Gasteiger charge is -2.13. The molecule has 0 spiro atoms. The largest absolute Gasteiger partial charge is 0.748 e. The summed E-state index contributed by atoms with van der Waals surface area (Å²) >= 11 is 0. The Bertz CT molecular complexity index is 159. The Labute approximate surface area is 55.8 Å².